The molecular formula is C10H23N3O2S. The van der Waals surface area contributed by atoms with Crippen LogP contribution in [0.15, 0.2) is 0 Å². The minimum Gasteiger partial charge on any atom is -0.318 e. The van der Waals surface area contributed by atoms with Crippen molar-refractivity contribution in [1.29, 1.82) is 0 Å². The average molecular weight is 249 g/mol. The van der Waals surface area contributed by atoms with Gasteiger partial charge in [0.05, 0.1) is 5.25 Å². The highest BCUT2D eigenvalue weighted by molar-refractivity contribution is 7.90. The topological polar surface area (TPSA) is 61.4 Å². The van der Waals surface area contributed by atoms with E-state index in [1.807, 2.05) is 7.05 Å². The van der Waals surface area contributed by atoms with Gasteiger partial charge in [-0.05, 0) is 40.4 Å². The van der Waals surface area contributed by atoms with Gasteiger partial charge in [0.15, 0.2) is 0 Å². The van der Waals surface area contributed by atoms with Crippen molar-refractivity contribution in [3.05, 3.63) is 0 Å². The van der Waals surface area contributed by atoms with Gasteiger partial charge in [0.1, 0.15) is 0 Å². The van der Waals surface area contributed by atoms with Gasteiger partial charge in [0.25, 0.3) is 0 Å². The summed E-state index contributed by atoms with van der Waals surface area (Å²) < 4.78 is 26.3. The quantitative estimate of drug-likeness (QED) is 0.673. The molecule has 5 nitrogen and oxygen atoms in total. The first-order valence-electron chi connectivity index (χ1n) is 5.80. The van der Waals surface area contributed by atoms with Crippen molar-refractivity contribution in [2.75, 3.05) is 33.7 Å². The van der Waals surface area contributed by atoms with E-state index < -0.39 is 10.0 Å². The van der Waals surface area contributed by atoms with Gasteiger partial charge in [-0.1, -0.05) is 0 Å². The Balaban J connectivity index is 2.41. The van der Waals surface area contributed by atoms with Crippen LogP contribution in [0.3, 0.4) is 0 Å². The minimum atomic E-state index is -3.17. The zero-order valence-electron chi connectivity index (χ0n) is 10.4. The van der Waals surface area contributed by atoms with E-state index in [2.05, 4.69) is 14.9 Å². The van der Waals surface area contributed by atoms with Gasteiger partial charge in [-0.2, -0.15) is 0 Å². The molecule has 2 N–H and O–H groups in total. The smallest absolute Gasteiger partial charge is 0.215 e. The molecule has 96 valence electrons. The highest BCUT2D eigenvalue weighted by Gasteiger charge is 2.25. The lowest BCUT2D eigenvalue weighted by atomic mass is 10.2. The molecule has 0 saturated carbocycles. The summed E-state index contributed by atoms with van der Waals surface area (Å²) in [5.41, 5.74) is 0. The predicted octanol–water partition coefficient (Wildman–Crippen LogP) is -0.392. The first-order chi connectivity index (χ1) is 7.47. The number of nitrogens with one attached hydrogen (secondary N) is 2. The maximum absolute atomic E-state index is 11.8. The fraction of sp³-hybridized carbons (Fsp3) is 1.00. The van der Waals surface area contributed by atoms with Crippen LogP contribution in [0.5, 0.6) is 0 Å². The maximum Gasteiger partial charge on any atom is 0.215 e. The molecule has 1 fully saturated rings. The van der Waals surface area contributed by atoms with Crippen molar-refractivity contribution in [3.63, 3.8) is 0 Å². The number of hydrogen-bond donors (Lipinski definition) is 2. The lowest BCUT2D eigenvalue weighted by molar-refractivity contribution is 0.310. The summed E-state index contributed by atoms with van der Waals surface area (Å²) >= 11 is 0. The Morgan fingerprint density at radius 3 is 2.69 bits per heavy atom. The molecule has 0 aromatic carbocycles. The second-order valence-corrected chi connectivity index (χ2v) is 6.72. The van der Waals surface area contributed by atoms with Crippen LogP contribution in [0, 0.1) is 0 Å². The summed E-state index contributed by atoms with van der Waals surface area (Å²) in [5.74, 6) is 0. The van der Waals surface area contributed by atoms with Crippen LogP contribution in [0.2, 0.25) is 0 Å². The van der Waals surface area contributed by atoms with Crippen LogP contribution in [0.25, 0.3) is 0 Å². The Kier molecular flexibility index (Phi) is 5.17. The Morgan fingerprint density at radius 1 is 1.50 bits per heavy atom. The van der Waals surface area contributed by atoms with Crippen LogP contribution in [-0.4, -0.2) is 58.3 Å². The van der Waals surface area contributed by atoms with E-state index in [0.717, 1.165) is 19.4 Å². The van der Waals surface area contributed by atoms with E-state index in [1.165, 1.54) is 0 Å². The van der Waals surface area contributed by atoms with Gasteiger partial charge in [0.2, 0.25) is 10.0 Å². The summed E-state index contributed by atoms with van der Waals surface area (Å²) in [6.07, 6.45) is 2.24. The Labute approximate surface area is 98.6 Å². The molecule has 2 atom stereocenters. The maximum atomic E-state index is 11.8. The van der Waals surface area contributed by atoms with Crippen LogP contribution in [0.1, 0.15) is 19.8 Å². The molecule has 0 aliphatic carbocycles. The molecular weight excluding hydrogens is 226 g/mol. The van der Waals surface area contributed by atoms with Crippen molar-refractivity contribution < 1.29 is 8.42 Å². The van der Waals surface area contributed by atoms with Crippen molar-refractivity contribution in [1.82, 2.24) is 14.9 Å². The molecule has 16 heavy (non-hydrogen) atoms. The van der Waals surface area contributed by atoms with Crippen molar-refractivity contribution in [2.24, 2.45) is 0 Å². The third-order valence-electron chi connectivity index (χ3n) is 3.21. The molecule has 1 rings (SSSR count). The van der Waals surface area contributed by atoms with Crippen molar-refractivity contribution >= 4 is 10.0 Å². The lowest BCUT2D eigenvalue weighted by Gasteiger charge is -2.21. The van der Waals surface area contributed by atoms with E-state index in [0.29, 0.717) is 19.1 Å². The van der Waals surface area contributed by atoms with E-state index in [1.54, 1.807) is 14.0 Å². The van der Waals surface area contributed by atoms with Crippen LogP contribution in [0.4, 0.5) is 0 Å². The molecule has 0 amide bonds. The van der Waals surface area contributed by atoms with Gasteiger partial charge in [0, 0.05) is 19.1 Å². The van der Waals surface area contributed by atoms with Crippen LogP contribution >= 0.6 is 0 Å². The molecule has 0 aromatic heterocycles. The fourth-order valence-electron chi connectivity index (χ4n) is 1.99. The second kappa shape index (κ2) is 5.95. The van der Waals surface area contributed by atoms with Crippen molar-refractivity contribution in [3.8, 4) is 0 Å². The summed E-state index contributed by atoms with van der Waals surface area (Å²) in [6, 6.07) is 0.358. The van der Waals surface area contributed by atoms with Gasteiger partial charge in [-0.3, -0.25) is 0 Å². The molecule has 1 aliphatic rings. The second-order valence-electron chi connectivity index (χ2n) is 4.54. The molecule has 0 bridgehead atoms. The standard InChI is InChI=1S/C10H23N3O2S/c1-9(7-11-2)16(14,15)12-8-10-5-4-6-13(10)3/h9-12H,4-8H2,1-3H3. The molecule has 0 radical (unpaired) electrons. The SMILES string of the molecule is CNCC(C)S(=O)(=O)NCC1CCCN1C. The number of sulfonamides is 1. The van der Waals surface area contributed by atoms with Gasteiger partial charge in [-0.15, -0.1) is 0 Å². The Morgan fingerprint density at radius 2 is 2.19 bits per heavy atom. The van der Waals surface area contributed by atoms with E-state index in [-0.39, 0.29) is 5.25 Å². The molecule has 1 saturated heterocycles. The predicted molar refractivity (Wildman–Crippen MR) is 66.0 cm³/mol. The van der Waals surface area contributed by atoms with E-state index in [9.17, 15) is 8.42 Å². The highest BCUT2D eigenvalue weighted by Crippen LogP contribution is 2.14. The highest BCUT2D eigenvalue weighted by atomic mass is 32.2. The van der Waals surface area contributed by atoms with Crippen LogP contribution < -0.4 is 10.0 Å². The van der Waals surface area contributed by atoms with Gasteiger partial charge >= 0.3 is 0 Å². The Hall–Kier alpha value is -0.170. The number of likely N-dealkylation sites (N-methyl/N-ethyl adjacent to an activating group) is 1. The summed E-state index contributed by atoms with van der Waals surface area (Å²) in [5, 5.41) is 2.50. The van der Waals surface area contributed by atoms with E-state index in [4.69, 9.17) is 0 Å². The number of hydrogen-bond acceptors (Lipinski definition) is 4. The first-order valence-corrected chi connectivity index (χ1v) is 7.35. The van der Waals surface area contributed by atoms with Gasteiger partial charge < -0.3 is 10.2 Å². The molecule has 1 heterocycles. The molecule has 1 aliphatic heterocycles. The monoisotopic (exact) mass is 249 g/mol. The normalized spacial score (nSPS) is 24.8. The summed E-state index contributed by atoms with van der Waals surface area (Å²) in [6.45, 7) is 3.80. The third kappa shape index (κ3) is 3.69. The third-order valence-corrected chi connectivity index (χ3v) is 5.01. The summed E-state index contributed by atoms with van der Waals surface area (Å²) in [7, 11) is 0.633. The van der Waals surface area contributed by atoms with E-state index >= 15 is 0 Å². The van der Waals surface area contributed by atoms with Crippen LogP contribution in [-0.2, 0) is 10.0 Å². The number of nitrogens with zero attached hydrogens (tertiary/aromatic N) is 1. The number of likely N-dealkylation sites (tertiary alicyclic amines) is 1. The zero-order valence-corrected chi connectivity index (χ0v) is 11.2. The minimum absolute atomic E-state index is 0.358. The summed E-state index contributed by atoms with van der Waals surface area (Å²) in [4.78, 5) is 2.21. The first kappa shape index (κ1) is 13.9. The van der Waals surface area contributed by atoms with Crippen molar-refractivity contribution in [2.45, 2.75) is 31.1 Å². The Bertz CT molecular complexity index is 305. The molecule has 0 spiro atoms. The molecule has 2 unspecified atom stereocenters. The molecule has 6 heteroatoms. The fourth-order valence-corrected chi connectivity index (χ4v) is 3.08. The lowest BCUT2D eigenvalue weighted by Crippen LogP contribution is -2.43. The zero-order chi connectivity index (χ0) is 12.2. The number of rotatable bonds is 6. The average Bonchev–Trinajstić information content (AvgIpc) is 2.61. The van der Waals surface area contributed by atoms with Gasteiger partial charge in [-0.25, -0.2) is 13.1 Å². The largest absolute Gasteiger partial charge is 0.318 e. The molecule has 0 aromatic rings.